The summed E-state index contributed by atoms with van der Waals surface area (Å²) < 4.78 is 0. The maximum absolute atomic E-state index is 12.2. The minimum absolute atomic E-state index is 0.285. The van der Waals surface area contributed by atoms with Gasteiger partial charge in [0.1, 0.15) is 5.84 Å². The Morgan fingerprint density at radius 1 is 1.36 bits per heavy atom. The van der Waals surface area contributed by atoms with Crippen molar-refractivity contribution in [3.8, 4) is 11.8 Å². The number of allylic oxidation sites excluding steroid dienone is 3. The number of hydrogen-bond donors (Lipinski definition) is 3. The normalized spacial score (nSPS) is 12.4. The molecule has 3 rings (SSSR count). The monoisotopic (exact) mass is 465 g/mol. The lowest BCUT2D eigenvalue weighted by molar-refractivity contribution is -0.0614. The second-order valence-corrected chi connectivity index (χ2v) is 8.30. The summed E-state index contributed by atoms with van der Waals surface area (Å²) in [5.74, 6) is 6.60. The summed E-state index contributed by atoms with van der Waals surface area (Å²) in [5, 5.41) is 14.8. The lowest BCUT2D eigenvalue weighted by Gasteiger charge is -2.15. The van der Waals surface area contributed by atoms with Crippen LogP contribution in [0.25, 0.3) is 0 Å². The van der Waals surface area contributed by atoms with Gasteiger partial charge in [-0.05, 0) is 38.0 Å². The largest absolute Gasteiger partial charge is 0.390 e. The zero-order valence-electron chi connectivity index (χ0n) is 19.6. The topological polar surface area (TPSA) is 94.7 Å². The standard InChI is InChI=1S/C20H23N5O2S.C5H8/c1-13-5-8-16(23-20(26)25-9-4-10-27-25)11-14(13)6-7-15-12-28-19(22)17(15)18(21)24(2)3;1-3-5-4-2/h5,8,11-12,21H,4,9-10,22H2,1-3H3,(H,23,26);3-5H,1H2,2H3/b;5-4-. The number of nitrogen functional groups attached to an aromatic ring is 1. The molecule has 0 saturated carbocycles. The highest BCUT2D eigenvalue weighted by Gasteiger charge is 2.19. The molecule has 33 heavy (non-hydrogen) atoms. The first-order valence-electron chi connectivity index (χ1n) is 10.5. The number of urea groups is 1. The van der Waals surface area contributed by atoms with Gasteiger partial charge in [-0.3, -0.25) is 10.2 Å². The highest BCUT2D eigenvalue weighted by atomic mass is 32.1. The fraction of sp³-hybridized carbons (Fsp3) is 0.280. The van der Waals surface area contributed by atoms with Gasteiger partial charge in [0.25, 0.3) is 0 Å². The number of benzene rings is 1. The molecule has 4 N–H and O–H groups in total. The second-order valence-electron chi connectivity index (χ2n) is 7.39. The number of amides is 2. The van der Waals surface area contributed by atoms with E-state index in [0.29, 0.717) is 35.2 Å². The molecule has 0 unspecified atom stereocenters. The summed E-state index contributed by atoms with van der Waals surface area (Å²) in [4.78, 5) is 19.2. The summed E-state index contributed by atoms with van der Waals surface area (Å²) >= 11 is 1.37. The molecule has 7 nitrogen and oxygen atoms in total. The molecule has 1 aliphatic heterocycles. The fourth-order valence-corrected chi connectivity index (χ4v) is 3.58. The Hall–Kier alpha value is -3.54. The molecule has 1 aromatic heterocycles. The molecule has 0 atom stereocenters. The van der Waals surface area contributed by atoms with Gasteiger partial charge in [-0.15, -0.1) is 11.3 Å². The number of anilines is 2. The van der Waals surface area contributed by atoms with Crippen molar-refractivity contribution in [1.82, 2.24) is 9.96 Å². The van der Waals surface area contributed by atoms with Crippen molar-refractivity contribution in [2.75, 3.05) is 38.3 Å². The number of nitrogens with one attached hydrogen (secondary N) is 2. The predicted molar refractivity (Wildman–Crippen MR) is 138 cm³/mol. The van der Waals surface area contributed by atoms with E-state index in [1.807, 2.05) is 49.6 Å². The first kappa shape index (κ1) is 25.7. The highest BCUT2D eigenvalue weighted by Crippen LogP contribution is 2.26. The SMILES string of the molecule is C=C/C=C\C.Cc1ccc(NC(=O)N2CCCO2)cc1C#Cc1csc(N)c1C(=N)N(C)C. The highest BCUT2D eigenvalue weighted by molar-refractivity contribution is 7.14. The van der Waals surface area contributed by atoms with Gasteiger partial charge >= 0.3 is 6.03 Å². The van der Waals surface area contributed by atoms with Gasteiger partial charge in [-0.25, -0.2) is 9.86 Å². The molecule has 0 spiro atoms. The maximum atomic E-state index is 12.2. The first-order chi connectivity index (χ1) is 15.8. The van der Waals surface area contributed by atoms with Crippen LogP contribution in [0.4, 0.5) is 15.5 Å². The molecule has 0 bridgehead atoms. The van der Waals surface area contributed by atoms with Gasteiger partial charge < -0.3 is 16.0 Å². The Morgan fingerprint density at radius 2 is 2.09 bits per heavy atom. The molecule has 1 aromatic carbocycles. The van der Waals surface area contributed by atoms with Crippen molar-refractivity contribution in [2.45, 2.75) is 20.3 Å². The molecule has 1 fully saturated rings. The number of nitrogens with two attached hydrogens (primary N) is 1. The Bertz CT molecular complexity index is 1090. The van der Waals surface area contributed by atoms with E-state index in [-0.39, 0.29) is 6.03 Å². The fourth-order valence-electron chi connectivity index (χ4n) is 2.83. The molecular weight excluding hydrogens is 434 g/mol. The number of rotatable bonds is 3. The van der Waals surface area contributed by atoms with E-state index in [1.165, 1.54) is 16.4 Å². The summed E-state index contributed by atoms with van der Waals surface area (Å²) in [6.07, 6.45) is 6.42. The Labute approximate surface area is 200 Å². The van der Waals surface area contributed by atoms with Crippen molar-refractivity contribution >= 4 is 33.9 Å². The second kappa shape index (κ2) is 12.5. The minimum atomic E-state index is -0.285. The third kappa shape index (κ3) is 7.24. The van der Waals surface area contributed by atoms with E-state index in [1.54, 1.807) is 25.1 Å². The number of hydroxylamine groups is 2. The number of hydrogen-bond acceptors (Lipinski definition) is 5. The Morgan fingerprint density at radius 3 is 2.67 bits per heavy atom. The van der Waals surface area contributed by atoms with Crippen LogP contribution >= 0.6 is 11.3 Å². The van der Waals surface area contributed by atoms with E-state index in [0.717, 1.165) is 23.1 Å². The van der Waals surface area contributed by atoms with Crippen molar-refractivity contribution in [3.63, 3.8) is 0 Å². The summed E-state index contributed by atoms with van der Waals surface area (Å²) in [6, 6.07) is 5.30. The van der Waals surface area contributed by atoms with Crippen LogP contribution in [0.5, 0.6) is 0 Å². The van der Waals surface area contributed by atoms with Crippen LogP contribution in [0.15, 0.2) is 48.4 Å². The minimum Gasteiger partial charge on any atom is -0.390 e. The van der Waals surface area contributed by atoms with Gasteiger partial charge in [0.15, 0.2) is 0 Å². The average molecular weight is 466 g/mol. The Balaban J connectivity index is 0.000000696. The van der Waals surface area contributed by atoms with Gasteiger partial charge in [-0.1, -0.05) is 42.7 Å². The van der Waals surface area contributed by atoms with Crippen LogP contribution in [0, 0.1) is 24.2 Å². The van der Waals surface area contributed by atoms with Gasteiger partial charge in [0.2, 0.25) is 0 Å². The molecule has 2 amide bonds. The number of thiophene rings is 1. The van der Waals surface area contributed by atoms with E-state index < -0.39 is 0 Å². The van der Waals surface area contributed by atoms with Crippen molar-refractivity contribution in [3.05, 3.63) is 70.6 Å². The van der Waals surface area contributed by atoms with Crippen LogP contribution < -0.4 is 11.1 Å². The zero-order chi connectivity index (χ0) is 24.4. The lowest BCUT2D eigenvalue weighted by Crippen LogP contribution is -2.31. The lowest BCUT2D eigenvalue weighted by atomic mass is 10.1. The smallest absolute Gasteiger partial charge is 0.345 e. The Kier molecular flexibility index (Phi) is 9.73. The van der Waals surface area contributed by atoms with Gasteiger partial charge in [0.05, 0.1) is 23.7 Å². The van der Waals surface area contributed by atoms with Crippen LogP contribution in [0.3, 0.4) is 0 Å². The molecular formula is C25H31N5O2S. The van der Waals surface area contributed by atoms with E-state index in [9.17, 15) is 4.79 Å². The number of amidine groups is 1. The number of aryl methyl sites for hydroxylation is 1. The first-order valence-corrected chi connectivity index (χ1v) is 11.4. The summed E-state index contributed by atoms with van der Waals surface area (Å²) in [5.41, 5.74) is 9.86. The van der Waals surface area contributed by atoms with E-state index in [2.05, 4.69) is 23.7 Å². The molecule has 2 aromatic rings. The van der Waals surface area contributed by atoms with Crippen molar-refractivity contribution < 1.29 is 9.63 Å². The number of nitrogens with zero attached hydrogens (tertiary/aromatic N) is 2. The molecule has 2 heterocycles. The van der Waals surface area contributed by atoms with Crippen LogP contribution in [-0.2, 0) is 4.84 Å². The average Bonchev–Trinajstić information content (AvgIpc) is 3.45. The van der Waals surface area contributed by atoms with Crippen molar-refractivity contribution in [2.24, 2.45) is 0 Å². The number of carbonyl (C=O) groups excluding carboxylic acids is 1. The van der Waals surface area contributed by atoms with Gasteiger partial charge in [0, 0.05) is 36.3 Å². The van der Waals surface area contributed by atoms with E-state index in [4.69, 9.17) is 16.0 Å². The van der Waals surface area contributed by atoms with E-state index >= 15 is 0 Å². The maximum Gasteiger partial charge on any atom is 0.345 e. The molecule has 1 saturated heterocycles. The van der Waals surface area contributed by atoms with Gasteiger partial charge in [-0.2, -0.15) is 0 Å². The molecule has 0 radical (unpaired) electrons. The third-order valence-corrected chi connectivity index (χ3v) is 5.44. The summed E-state index contributed by atoms with van der Waals surface area (Å²) in [6.45, 7) is 8.54. The zero-order valence-corrected chi connectivity index (χ0v) is 20.4. The molecule has 8 heteroatoms. The van der Waals surface area contributed by atoms with Crippen LogP contribution in [0.2, 0.25) is 0 Å². The molecule has 174 valence electrons. The number of carbonyl (C=O) groups is 1. The van der Waals surface area contributed by atoms with Crippen LogP contribution in [-0.4, -0.2) is 49.1 Å². The quantitative estimate of drug-likeness (QED) is 0.262. The third-order valence-electron chi connectivity index (χ3n) is 4.63. The molecule has 1 aliphatic rings. The van der Waals surface area contributed by atoms with Crippen molar-refractivity contribution in [1.29, 1.82) is 5.41 Å². The van der Waals surface area contributed by atoms with Crippen LogP contribution in [0.1, 0.15) is 35.6 Å². The summed E-state index contributed by atoms with van der Waals surface area (Å²) in [7, 11) is 3.61. The predicted octanol–water partition coefficient (Wildman–Crippen LogP) is 4.84. The molecule has 0 aliphatic carbocycles.